The average molecular weight is 349 g/mol. The zero-order chi connectivity index (χ0) is 14.6. The van der Waals surface area contributed by atoms with E-state index < -0.39 is 17.9 Å². The van der Waals surface area contributed by atoms with E-state index in [4.69, 9.17) is 11.6 Å². The summed E-state index contributed by atoms with van der Waals surface area (Å²) < 4.78 is 5.41. The molecule has 0 radical (unpaired) electrons. The topological polar surface area (TPSA) is 55.4 Å². The fourth-order valence-electron chi connectivity index (χ4n) is 1.52. The SMILES string of the molecule is COC(=O)C(NC(=O)c1cc(Br)ccc1Cl)C(C)C. The van der Waals surface area contributed by atoms with Crippen LogP contribution in [-0.2, 0) is 9.53 Å². The largest absolute Gasteiger partial charge is 0.467 e. The molecule has 104 valence electrons. The van der Waals surface area contributed by atoms with Crippen LogP contribution in [0.2, 0.25) is 5.02 Å². The van der Waals surface area contributed by atoms with Crippen LogP contribution in [0.3, 0.4) is 0 Å². The second-order valence-corrected chi connectivity index (χ2v) is 5.67. The van der Waals surface area contributed by atoms with Crippen molar-refractivity contribution in [1.82, 2.24) is 5.32 Å². The molecule has 0 saturated heterocycles. The molecule has 0 heterocycles. The lowest BCUT2D eigenvalue weighted by atomic mass is 10.0. The van der Waals surface area contributed by atoms with Crippen LogP contribution in [0, 0.1) is 5.92 Å². The number of hydrogen-bond acceptors (Lipinski definition) is 3. The van der Waals surface area contributed by atoms with Gasteiger partial charge in [-0.15, -0.1) is 0 Å². The van der Waals surface area contributed by atoms with Gasteiger partial charge in [-0.25, -0.2) is 4.79 Å². The minimum atomic E-state index is -0.701. The summed E-state index contributed by atoms with van der Waals surface area (Å²) >= 11 is 9.24. The maximum Gasteiger partial charge on any atom is 0.328 e. The fraction of sp³-hybridized carbons (Fsp3) is 0.385. The highest BCUT2D eigenvalue weighted by molar-refractivity contribution is 9.10. The third-order valence-corrected chi connectivity index (χ3v) is 3.40. The van der Waals surface area contributed by atoms with Gasteiger partial charge in [0.15, 0.2) is 0 Å². The summed E-state index contributed by atoms with van der Waals surface area (Å²) in [5.41, 5.74) is 0.311. The maximum atomic E-state index is 12.1. The van der Waals surface area contributed by atoms with E-state index in [0.717, 1.165) is 4.47 Å². The summed E-state index contributed by atoms with van der Waals surface area (Å²) in [4.78, 5) is 23.7. The summed E-state index contributed by atoms with van der Waals surface area (Å²) in [6, 6.07) is 4.25. The van der Waals surface area contributed by atoms with Crippen LogP contribution in [-0.4, -0.2) is 25.0 Å². The lowest BCUT2D eigenvalue weighted by Crippen LogP contribution is -2.45. The van der Waals surface area contributed by atoms with E-state index in [-0.39, 0.29) is 5.92 Å². The van der Waals surface area contributed by atoms with Crippen LogP contribution >= 0.6 is 27.5 Å². The van der Waals surface area contributed by atoms with Gasteiger partial charge in [0.1, 0.15) is 6.04 Å². The second-order valence-electron chi connectivity index (χ2n) is 4.34. The van der Waals surface area contributed by atoms with Crippen molar-refractivity contribution in [2.24, 2.45) is 5.92 Å². The van der Waals surface area contributed by atoms with Gasteiger partial charge in [0.25, 0.3) is 5.91 Å². The molecule has 0 bridgehead atoms. The van der Waals surface area contributed by atoms with Crippen LogP contribution in [0.4, 0.5) is 0 Å². The molecule has 1 aromatic carbocycles. The Morgan fingerprint density at radius 3 is 2.53 bits per heavy atom. The molecule has 0 fully saturated rings. The molecule has 1 atom stereocenters. The quantitative estimate of drug-likeness (QED) is 0.851. The minimum Gasteiger partial charge on any atom is -0.467 e. The van der Waals surface area contributed by atoms with E-state index in [1.807, 2.05) is 13.8 Å². The Labute approximate surface area is 125 Å². The van der Waals surface area contributed by atoms with Crippen molar-refractivity contribution in [3.8, 4) is 0 Å². The highest BCUT2D eigenvalue weighted by atomic mass is 79.9. The van der Waals surface area contributed by atoms with Gasteiger partial charge in [0.2, 0.25) is 0 Å². The third-order valence-electron chi connectivity index (χ3n) is 2.58. The number of benzene rings is 1. The van der Waals surface area contributed by atoms with E-state index in [2.05, 4.69) is 26.0 Å². The van der Waals surface area contributed by atoms with Crippen molar-refractivity contribution in [2.45, 2.75) is 19.9 Å². The number of hydrogen-bond donors (Lipinski definition) is 1. The molecular weight excluding hydrogens is 334 g/mol. The Morgan fingerprint density at radius 2 is 2.00 bits per heavy atom. The van der Waals surface area contributed by atoms with Gasteiger partial charge in [0.05, 0.1) is 17.7 Å². The molecule has 1 rings (SSSR count). The maximum absolute atomic E-state index is 12.1. The van der Waals surface area contributed by atoms with Crippen LogP contribution in [0.5, 0.6) is 0 Å². The van der Waals surface area contributed by atoms with E-state index in [0.29, 0.717) is 10.6 Å². The molecule has 1 unspecified atom stereocenters. The van der Waals surface area contributed by atoms with Crippen molar-refractivity contribution < 1.29 is 14.3 Å². The average Bonchev–Trinajstić information content (AvgIpc) is 2.37. The van der Waals surface area contributed by atoms with Crippen LogP contribution < -0.4 is 5.32 Å². The van der Waals surface area contributed by atoms with Crippen LogP contribution in [0.25, 0.3) is 0 Å². The Morgan fingerprint density at radius 1 is 1.37 bits per heavy atom. The summed E-state index contributed by atoms with van der Waals surface area (Å²) in [6.45, 7) is 3.65. The van der Waals surface area contributed by atoms with Gasteiger partial charge in [-0.3, -0.25) is 4.79 Å². The molecule has 1 amide bonds. The lowest BCUT2D eigenvalue weighted by Gasteiger charge is -2.20. The molecular formula is C13H15BrClNO3. The standard InChI is InChI=1S/C13H15BrClNO3/c1-7(2)11(13(18)19-3)16-12(17)9-6-8(14)4-5-10(9)15/h4-7,11H,1-3H3,(H,16,17). The molecule has 19 heavy (non-hydrogen) atoms. The first-order valence-electron chi connectivity index (χ1n) is 5.70. The molecule has 4 nitrogen and oxygen atoms in total. The number of nitrogens with one attached hydrogen (secondary N) is 1. The first kappa shape index (κ1) is 16.0. The van der Waals surface area contributed by atoms with Crippen molar-refractivity contribution in [3.63, 3.8) is 0 Å². The van der Waals surface area contributed by atoms with Gasteiger partial charge in [0, 0.05) is 4.47 Å². The molecule has 0 aliphatic carbocycles. The van der Waals surface area contributed by atoms with Gasteiger partial charge in [-0.2, -0.15) is 0 Å². The normalized spacial score (nSPS) is 12.1. The number of amides is 1. The number of rotatable bonds is 4. The zero-order valence-corrected chi connectivity index (χ0v) is 13.2. The molecule has 6 heteroatoms. The van der Waals surface area contributed by atoms with Crippen molar-refractivity contribution in [1.29, 1.82) is 0 Å². The Balaban J connectivity index is 2.94. The van der Waals surface area contributed by atoms with Crippen LogP contribution in [0.15, 0.2) is 22.7 Å². The second kappa shape index (κ2) is 6.91. The van der Waals surface area contributed by atoms with Crippen molar-refractivity contribution in [2.75, 3.05) is 7.11 Å². The number of esters is 1. The summed E-state index contributed by atoms with van der Waals surface area (Å²) in [7, 11) is 1.29. The number of ether oxygens (including phenoxy) is 1. The minimum absolute atomic E-state index is 0.0812. The van der Waals surface area contributed by atoms with Crippen molar-refractivity contribution >= 4 is 39.4 Å². The van der Waals surface area contributed by atoms with Crippen LogP contribution in [0.1, 0.15) is 24.2 Å². The number of carbonyl (C=O) groups excluding carboxylic acids is 2. The predicted octanol–water partition coefficient (Wildman–Crippen LogP) is 3.03. The van der Waals surface area contributed by atoms with E-state index in [1.165, 1.54) is 7.11 Å². The first-order valence-corrected chi connectivity index (χ1v) is 6.87. The highest BCUT2D eigenvalue weighted by Crippen LogP contribution is 2.21. The first-order chi connectivity index (χ1) is 8.86. The van der Waals surface area contributed by atoms with E-state index in [1.54, 1.807) is 18.2 Å². The lowest BCUT2D eigenvalue weighted by molar-refractivity contribution is -0.144. The van der Waals surface area contributed by atoms with Gasteiger partial charge >= 0.3 is 5.97 Å². The number of methoxy groups -OCH3 is 1. The molecule has 1 N–H and O–H groups in total. The molecule has 0 aliphatic rings. The monoisotopic (exact) mass is 347 g/mol. The Kier molecular flexibility index (Phi) is 5.82. The van der Waals surface area contributed by atoms with Gasteiger partial charge < -0.3 is 10.1 Å². The molecule has 0 aromatic heterocycles. The smallest absolute Gasteiger partial charge is 0.328 e. The summed E-state index contributed by atoms with van der Waals surface area (Å²) in [5, 5.41) is 2.96. The number of carbonyl (C=O) groups is 2. The third kappa shape index (κ3) is 4.21. The molecule has 0 spiro atoms. The van der Waals surface area contributed by atoms with Crippen molar-refractivity contribution in [3.05, 3.63) is 33.3 Å². The summed E-state index contributed by atoms with van der Waals surface area (Å²) in [5.74, 6) is -0.966. The molecule has 0 aliphatic heterocycles. The van der Waals surface area contributed by atoms with Gasteiger partial charge in [-0.1, -0.05) is 41.4 Å². The highest BCUT2D eigenvalue weighted by Gasteiger charge is 2.26. The predicted molar refractivity (Wildman–Crippen MR) is 77.3 cm³/mol. The van der Waals surface area contributed by atoms with Gasteiger partial charge in [-0.05, 0) is 24.1 Å². The fourth-order valence-corrected chi connectivity index (χ4v) is 2.08. The molecule has 1 aromatic rings. The Bertz CT molecular complexity index is 491. The summed E-state index contributed by atoms with van der Waals surface area (Å²) in [6.07, 6.45) is 0. The molecule has 0 saturated carbocycles. The zero-order valence-electron chi connectivity index (χ0n) is 10.9. The Hall–Kier alpha value is -1.07. The number of halogens is 2. The van der Waals surface area contributed by atoms with E-state index in [9.17, 15) is 9.59 Å². The van der Waals surface area contributed by atoms with E-state index >= 15 is 0 Å².